The van der Waals surface area contributed by atoms with Crippen LogP contribution in [0.2, 0.25) is 0 Å². The molecule has 4 rings (SSSR count). The second-order valence-electron chi connectivity index (χ2n) is 5.51. The summed E-state index contributed by atoms with van der Waals surface area (Å²) in [5, 5.41) is 2.66. The Morgan fingerprint density at radius 1 is 0.885 bits per heavy atom. The molecule has 26 heavy (non-hydrogen) atoms. The van der Waals surface area contributed by atoms with Crippen LogP contribution in [0.15, 0.2) is 103 Å². The summed E-state index contributed by atoms with van der Waals surface area (Å²) in [4.78, 5) is 0. The van der Waals surface area contributed by atoms with E-state index in [2.05, 4.69) is 91.0 Å². The molecule has 0 saturated carbocycles. The van der Waals surface area contributed by atoms with Crippen LogP contribution in [-0.4, -0.2) is 0 Å². The molecule has 1 aliphatic carbocycles. The summed E-state index contributed by atoms with van der Waals surface area (Å²) in [5.74, 6) is 0. The van der Waals surface area contributed by atoms with Crippen molar-refractivity contribution in [2.24, 2.45) is 0 Å². The molecule has 3 aromatic rings. The number of halogens is 2. The fraction of sp³-hybridized carbons (Fsp3) is 0.0870. The Hall–Kier alpha value is -1.27. The van der Waals surface area contributed by atoms with E-state index in [9.17, 15) is 0 Å². The van der Waals surface area contributed by atoms with Crippen molar-refractivity contribution < 1.29 is 51.0 Å². The molecular weight excluding hydrogens is 438 g/mol. The fourth-order valence-corrected chi connectivity index (χ4v) is 2.58. The molecule has 0 amide bonds. The number of hydrogen-bond donors (Lipinski definition) is 0. The minimum Gasteiger partial charge on any atom is -1.00 e. The SMILES string of the molecule is [C-]1=CC=CC1=CCCc1ccccc1.[Cl-].[Cl-].[Zr+4].c1ccc2[cH-]ccc2c1. The number of fused-ring (bicyclic) bond motifs is 1. The van der Waals surface area contributed by atoms with Gasteiger partial charge in [0.05, 0.1) is 0 Å². The first kappa shape index (κ1) is 24.7. The average molecular weight is 459 g/mol. The summed E-state index contributed by atoms with van der Waals surface area (Å²) >= 11 is 0. The number of aryl methyl sites for hydroxylation is 1. The number of hydrogen-bond acceptors (Lipinski definition) is 0. The van der Waals surface area contributed by atoms with Crippen molar-refractivity contribution in [3.05, 3.63) is 114 Å². The van der Waals surface area contributed by atoms with Gasteiger partial charge in [0.25, 0.3) is 0 Å². The van der Waals surface area contributed by atoms with Gasteiger partial charge in [-0.1, -0.05) is 42.8 Å². The van der Waals surface area contributed by atoms with Crippen LogP contribution in [0.1, 0.15) is 12.0 Å². The monoisotopic (exact) mass is 456 g/mol. The first-order chi connectivity index (χ1) is 11.4. The standard InChI is InChI=1S/C14H13.C9H7.2ClH.Zr/c1-2-7-13(8-3-1)11-6-12-14-9-4-5-10-14;1-2-5-9-7-3-6-8(9)4-1;;;/h1-5,7-9,12H,6,11H2;1-7H;2*1H;/q2*-1;;;+4/p-2. The van der Waals surface area contributed by atoms with Crippen molar-refractivity contribution in [3.8, 4) is 0 Å². The molecule has 1 aliphatic rings. The van der Waals surface area contributed by atoms with E-state index in [0.717, 1.165) is 12.8 Å². The maximum Gasteiger partial charge on any atom is 4.00 e. The van der Waals surface area contributed by atoms with Crippen molar-refractivity contribution >= 4 is 10.8 Å². The summed E-state index contributed by atoms with van der Waals surface area (Å²) in [6, 6.07) is 25.2. The van der Waals surface area contributed by atoms with Gasteiger partial charge in [0.1, 0.15) is 0 Å². The second-order valence-corrected chi connectivity index (χ2v) is 5.51. The third kappa shape index (κ3) is 7.96. The maximum absolute atomic E-state index is 3.17. The summed E-state index contributed by atoms with van der Waals surface area (Å²) in [6.07, 6.45) is 13.7. The van der Waals surface area contributed by atoms with Gasteiger partial charge in [-0.2, -0.15) is 47.4 Å². The van der Waals surface area contributed by atoms with Crippen LogP contribution in [0.3, 0.4) is 0 Å². The van der Waals surface area contributed by atoms with E-state index in [1.165, 1.54) is 21.9 Å². The molecule has 0 heterocycles. The van der Waals surface area contributed by atoms with Crippen molar-refractivity contribution in [1.82, 2.24) is 0 Å². The van der Waals surface area contributed by atoms with E-state index in [-0.39, 0.29) is 51.0 Å². The molecule has 0 aliphatic heterocycles. The van der Waals surface area contributed by atoms with Gasteiger partial charge in [0.2, 0.25) is 0 Å². The van der Waals surface area contributed by atoms with Crippen LogP contribution in [0.4, 0.5) is 0 Å². The fourth-order valence-electron chi connectivity index (χ4n) is 2.58. The number of benzene rings is 2. The molecule has 0 aromatic heterocycles. The quantitative estimate of drug-likeness (QED) is 0.487. The third-order valence-electron chi connectivity index (χ3n) is 3.81. The molecule has 0 N–H and O–H groups in total. The Labute approximate surface area is 188 Å². The summed E-state index contributed by atoms with van der Waals surface area (Å²) < 4.78 is 0. The Bertz CT molecular complexity index is 785. The van der Waals surface area contributed by atoms with Gasteiger partial charge >= 0.3 is 26.2 Å². The predicted molar refractivity (Wildman–Crippen MR) is 99.3 cm³/mol. The van der Waals surface area contributed by atoms with Crippen molar-refractivity contribution in [2.75, 3.05) is 0 Å². The van der Waals surface area contributed by atoms with Crippen molar-refractivity contribution in [2.45, 2.75) is 12.8 Å². The topological polar surface area (TPSA) is 0 Å². The molecule has 130 valence electrons. The number of rotatable bonds is 3. The minimum atomic E-state index is 0. The molecule has 3 heteroatoms. The van der Waals surface area contributed by atoms with Gasteiger partial charge in [-0.25, -0.2) is 0 Å². The van der Waals surface area contributed by atoms with E-state index >= 15 is 0 Å². The zero-order valence-corrected chi connectivity index (χ0v) is 18.4. The largest absolute Gasteiger partial charge is 4.00 e. The zero-order chi connectivity index (χ0) is 15.7. The van der Waals surface area contributed by atoms with Crippen LogP contribution < -0.4 is 24.8 Å². The molecular formula is C23H20Cl2Zr. The van der Waals surface area contributed by atoms with Gasteiger partial charge in [-0.05, 0) is 12.0 Å². The van der Waals surface area contributed by atoms with Gasteiger partial charge in [0, 0.05) is 0 Å². The molecule has 0 spiro atoms. The van der Waals surface area contributed by atoms with Crippen LogP contribution in [0.25, 0.3) is 10.8 Å². The molecule has 0 radical (unpaired) electrons. The van der Waals surface area contributed by atoms with Gasteiger partial charge < -0.3 is 24.8 Å². The normalized spacial score (nSPS) is 12.5. The molecule has 3 aromatic carbocycles. The van der Waals surface area contributed by atoms with E-state index in [4.69, 9.17) is 0 Å². The van der Waals surface area contributed by atoms with Crippen LogP contribution in [-0.2, 0) is 32.6 Å². The van der Waals surface area contributed by atoms with Gasteiger partial charge in [-0.15, -0.1) is 35.7 Å². The van der Waals surface area contributed by atoms with E-state index in [1.54, 1.807) is 0 Å². The summed E-state index contributed by atoms with van der Waals surface area (Å²) in [5.41, 5.74) is 2.61. The second kappa shape index (κ2) is 13.9. The molecule has 0 bridgehead atoms. The minimum absolute atomic E-state index is 0. The zero-order valence-electron chi connectivity index (χ0n) is 14.4. The molecule has 0 atom stereocenters. The Balaban J connectivity index is 0.000000460. The predicted octanol–water partition coefficient (Wildman–Crippen LogP) is 0.0390. The van der Waals surface area contributed by atoms with E-state index < -0.39 is 0 Å². The van der Waals surface area contributed by atoms with E-state index in [1.807, 2.05) is 12.2 Å². The van der Waals surface area contributed by atoms with Crippen molar-refractivity contribution in [1.29, 1.82) is 0 Å². The first-order valence-electron chi connectivity index (χ1n) is 8.03. The summed E-state index contributed by atoms with van der Waals surface area (Å²) in [7, 11) is 0. The molecule has 0 nitrogen and oxygen atoms in total. The first-order valence-corrected chi connectivity index (χ1v) is 8.03. The van der Waals surface area contributed by atoms with Gasteiger partial charge in [-0.3, -0.25) is 0 Å². The van der Waals surface area contributed by atoms with Crippen LogP contribution in [0, 0.1) is 6.08 Å². The van der Waals surface area contributed by atoms with Crippen molar-refractivity contribution in [3.63, 3.8) is 0 Å². The molecule has 0 unspecified atom stereocenters. The third-order valence-corrected chi connectivity index (χ3v) is 3.81. The van der Waals surface area contributed by atoms with Gasteiger partial charge in [0.15, 0.2) is 0 Å². The Morgan fingerprint density at radius 2 is 1.62 bits per heavy atom. The van der Waals surface area contributed by atoms with Crippen LogP contribution in [0.5, 0.6) is 0 Å². The molecule has 0 fully saturated rings. The smallest absolute Gasteiger partial charge is 1.00 e. The van der Waals surface area contributed by atoms with Crippen LogP contribution >= 0.6 is 0 Å². The Kier molecular flexibility index (Phi) is 13.2. The number of allylic oxidation sites excluding steroid dienone is 6. The maximum atomic E-state index is 3.17. The summed E-state index contributed by atoms with van der Waals surface area (Å²) in [6.45, 7) is 0. The van der Waals surface area contributed by atoms with E-state index in [0.29, 0.717) is 0 Å². The Morgan fingerprint density at radius 3 is 2.31 bits per heavy atom. The average Bonchev–Trinajstić information content (AvgIpc) is 3.28. The molecule has 0 saturated heterocycles.